The highest BCUT2D eigenvalue weighted by Gasteiger charge is 2.19. The van der Waals surface area contributed by atoms with Crippen LogP contribution in [0.1, 0.15) is 82.3 Å². The number of hydrogen-bond acceptors (Lipinski definition) is 8. The molecule has 0 aliphatic heterocycles. The molecular weight excluding hydrogens is 711 g/mol. The average molecular weight is 765 g/mol. The van der Waals surface area contributed by atoms with Crippen molar-refractivity contribution in [2.24, 2.45) is 0 Å². The second-order valence-corrected chi connectivity index (χ2v) is 13.6. The van der Waals surface area contributed by atoms with Crippen molar-refractivity contribution in [2.75, 3.05) is 26.4 Å². The summed E-state index contributed by atoms with van der Waals surface area (Å²) in [5, 5.41) is 9.82. The molecule has 284 valence electrons. The Balaban J connectivity index is 0.00000627. The Bertz CT molecular complexity index is 1810. The van der Waals surface area contributed by atoms with Crippen LogP contribution < -0.4 is 9.30 Å². The van der Waals surface area contributed by atoms with Crippen LogP contribution in [0.25, 0.3) is 22.2 Å². The summed E-state index contributed by atoms with van der Waals surface area (Å²) in [7, 11) is 0. The van der Waals surface area contributed by atoms with Crippen LogP contribution in [0.4, 0.5) is 0 Å². The Morgan fingerprint density at radius 1 is 0.830 bits per heavy atom. The van der Waals surface area contributed by atoms with Gasteiger partial charge in [-0.2, -0.15) is 0 Å². The fraction of sp³-hybridized carbons (Fsp3) is 0.463. The third-order valence-corrected chi connectivity index (χ3v) is 9.20. The number of esters is 1. The molecule has 0 unspecified atom stereocenters. The Hall–Kier alpha value is -3.96. The number of aromatic nitrogens is 6. The highest BCUT2D eigenvalue weighted by molar-refractivity contribution is 6.36. The summed E-state index contributed by atoms with van der Waals surface area (Å²) < 4.78 is 21.4. The van der Waals surface area contributed by atoms with Gasteiger partial charge in [-0.3, -0.25) is 19.4 Å². The van der Waals surface area contributed by atoms with E-state index < -0.39 is 5.97 Å². The second kappa shape index (κ2) is 23.7. The number of carbonyl (C=O) groups is 1. The summed E-state index contributed by atoms with van der Waals surface area (Å²) in [5.74, 6) is -0.105. The van der Waals surface area contributed by atoms with Crippen LogP contribution in [0.5, 0.6) is 5.75 Å². The molecule has 0 saturated carbocycles. The summed E-state index contributed by atoms with van der Waals surface area (Å²) >= 11 is 6.53. The predicted octanol–water partition coefficient (Wildman–Crippen LogP) is 8.60. The first kappa shape index (κ1) is 41.8. The van der Waals surface area contributed by atoms with Crippen molar-refractivity contribution in [1.82, 2.24) is 25.0 Å². The Morgan fingerprint density at radius 3 is 2.30 bits per heavy atom. The van der Waals surface area contributed by atoms with Gasteiger partial charge in [-0.15, -0.1) is 17.5 Å². The third kappa shape index (κ3) is 14.4. The lowest BCUT2D eigenvalue weighted by atomic mass is 10.1. The minimum Gasteiger partial charge on any atom is -0.424 e. The van der Waals surface area contributed by atoms with Gasteiger partial charge in [0.2, 0.25) is 0 Å². The number of fused-ring (bicyclic) bond motifs is 1. The number of aryl methyl sites for hydroxylation is 4. The number of halogens is 2. The number of nitrogens with zero attached hydrogens (tertiary/aromatic N) is 6. The first-order chi connectivity index (χ1) is 25.6. The van der Waals surface area contributed by atoms with Gasteiger partial charge in [-0.05, 0) is 87.3 Å². The van der Waals surface area contributed by atoms with Crippen molar-refractivity contribution < 1.29 is 23.6 Å². The van der Waals surface area contributed by atoms with E-state index in [-0.39, 0.29) is 12.4 Å². The largest absolute Gasteiger partial charge is 0.424 e. The van der Waals surface area contributed by atoms with Crippen molar-refractivity contribution >= 4 is 40.9 Å². The molecule has 5 rings (SSSR count). The Labute approximate surface area is 324 Å². The van der Waals surface area contributed by atoms with Crippen LogP contribution in [0.2, 0.25) is 5.02 Å². The molecule has 4 aromatic heterocycles. The summed E-state index contributed by atoms with van der Waals surface area (Å²) in [6.45, 7) is 6.29. The number of pyridine rings is 3. The predicted molar refractivity (Wildman–Crippen MR) is 210 cm³/mol. The first-order valence-electron chi connectivity index (χ1n) is 18.8. The van der Waals surface area contributed by atoms with E-state index in [4.69, 9.17) is 25.8 Å². The Morgan fingerprint density at radius 2 is 1.53 bits per heavy atom. The molecule has 0 N–H and O–H groups in total. The number of carbonyl (C=O) groups excluding carboxylic acids is 1. The lowest BCUT2D eigenvalue weighted by Crippen LogP contribution is -2.33. The van der Waals surface area contributed by atoms with Crippen LogP contribution in [-0.2, 0) is 40.2 Å². The van der Waals surface area contributed by atoms with E-state index in [2.05, 4.69) is 55.4 Å². The number of benzene rings is 1. The lowest BCUT2D eigenvalue weighted by molar-refractivity contribution is -0.697. The highest BCUT2D eigenvalue weighted by Crippen LogP contribution is 2.39. The van der Waals surface area contributed by atoms with E-state index >= 15 is 0 Å². The monoisotopic (exact) mass is 763 g/mol. The number of ether oxygens (including phenoxy) is 3. The molecule has 0 aliphatic carbocycles. The second-order valence-electron chi connectivity index (χ2n) is 13.2. The zero-order valence-electron chi connectivity index (χ0n) is 30.8. The maximum atomic E-state index is 11.9. The molecule has 0 aliphatic rings. The third-order valence-electron chi connectivity index (χ3n) is 8.89. The Kier molecular flexibility index (Phi) is 18.6. The average Bonchev–Trinajstić information content (AvgIpc) is 3.63. The van der Waals surface area contributed by atoms with Gasteiger partial charge in [-0.25, -0.2) is 4.57 Å². The number of unbranched alkanes of at least 4 members (excludes halogenated alkanes) is 6. The lowest BCUT2D eigenvalue weighted by Gasteiger charge is -2.11. The van der Waals surface area contributed by atoms with Gasteiger partial charge in [0.1, 0.15) is 17.8 Å². The topological polar surface area (TPSA) is 105 Å². The van der Waals surface area contributed by atoms with Crippen LogP contribution in [-0.4, -0.2) is 57.4 Å². The fourth-order valence-corrected chi connectivity index (χ4v) is 6.46. The first-order valence-corrected chi connectivity index (χ1v) is 19.1. The fourth-order valence-electron chi connectivity index (χ4n) is 6.20. The molecule has 0 fully saturated rings. The summed E-state index contributed by atoms with van der Waals surface area (Å²) in [4.78, 5) is 20.4. The number of hydrogen-bond donors (Lipinski definition) is 0. The molecule has 0 atom stereocenters. The molecule has 0 bridgehead atoms. The molecule has 10 nitrogen and oxygen atoms in total. The van der Waals surface area contributed by atoms with Crippen molar-refractivity contribution in [2.45, 2.75) is 97.1 Å². The van der Waals surface area contributed by atoms with Crippen molar-refractivity contribution in [1.29, 1.82) is 0 Å². The van der Waals surface area contributed by atoms with Gasteiger partial charge in [0.05, 0.1) is 16.8 Å². The zero-order valence-corrected chi connectivity index (χ0v) is 32.4. The van der Waals surface area contributed by atoms with Crippen LogP contribution in [0, 0.1) is 0 Å². The van der Waals surface area contributed by atoms with Crippen molar-refractivity contribution in [3.63, 3.8) is 0 Å². The van der Waals surface area contributed by atoms with Crippen molar-refractivity contribution in [3.8, 4) is 17.0 Å². The molecule has 0 spiro atoms. The molecule has 0 saturated heterocycles. The maximum Gasteiger partial charge on any atom is 0.308 e. The normalized spacial score (nSPS) is 11.1. The molecule has 1 aromatic carbocycles. The molecular formula is C41H53Cl2N6O4+. The number of rotatable bonds is 24. The minimum absolute atomic E-state index is 0. The smallest absolute Gasteiger partial charge is 0.308 e. The summed E-state index contributed by atoms with van der Waals surface area (Å²) in [6.07, 6.45) is 25.1. The van der Waals surface area contributed by atoms with Crippen LogP contribution >= 0.6 is 24.0 Å². The minimum atomic E-state index is -0.440. The van der Waals surface area contributed by atoms with E-state index in [1.54, 1.807) is 23.0 Å². The molecule has 12 heteroatoms. The van der Waals surface area contributed by atoms with Crippen molar-refractivity contribution in [3.05, 3.63) is 95.8 Å². The molecule has 0 amide bonds. The van der Waals surface area contributed by atoms with Gasteiger partial charge >= 0.3 is 5.97 Å². The van der Waals surface area contributed by atoms with E-state index in [1.165, 1.54) is 50.2 Å². The molecule has 4 heterocycles. The molecule has 5 aromatic rings. The molecule has 0 radical (unpaired) electrons. The maximum absolute atomic E-state index is 11.9. The summed E-state index contributed by atoms with van der Waals surface area (Å²) in [6, 6.07) is 13.9. The molecule has 53 heavy (non-hydrogen) atoms. The van der Waals surface area contributed by atoms with Gasteiger partial charge in [-0.1, -0.05) is 42.1 Å². The van der Waals surface area contributed by atoms with Gasteiger partial charge in [0, 0.05) is 81.9 Å². The SMILES string of the molecule is CC(=O)Oc1c(-c2cn(CCCCOCCCc3ccc[n+](CCCCCCCCOCCCc4cccnc4)c3)nn2)cc(Cl)c2cccnc12.Cl. The van der Waals surface area contributed by atoms with E-state index in [0.29, 0.717) is 46.1 Å². The van der Waals surface area contributed by atoms with E-state index in [9.17, 15) is 4.79 Å². The van der Waals surface area contributed by atoms with E-state index in [1.807, 2.05) is 30.7 Å². The van der Waals surface area contributed by atoms with Gasteiger partial charge < -0.3 is 14.2 Å². The van der Waals surface area contributed by atoms with Crippen LogP contribution in [0.3, 0.4) is 0 Å². The van der Waals surface area contributed by atoms with Crippen LogP contribution in [0.15, 0.2) is 79.6 Å². The summed E-state index contributed by atoms with van der Waals surface area (Å²) in [5.41, 5.74) is 4.30. The zero-order chi connectivity index (χ0) is 36.2. The standard InChI is InChI=1S/C41H52ClN6O4.ClH/c1-33(49)52-41-37(29-38(42)36-19-11-21-44-40(36)41)39-32-48(46-45-39)24-7-9-26-51-28-14-18-35-16-12-23-47(31-35)22-6-4-2-3-5-8-25-50-27-13-17-34-15-10-20-43-30-34;/h10-12,15-16,19-21,23,29-32H,2-9,13-14,17-18,22,24-28H2,1H3;1H/q+1;. The highest BCUT2D eigenvalue weighted by atomic mass is 35.5. The van der Waals surface area contributed by atoms with E-state index in [0.717, 1.165) is 71.3 Å². The quantitative estimate of drug-likeness (QED) is 0.0266. The van der Waals surface area contributed by atoms with Gasteiger partial charge in [0.25, 0.3) is 0 Å². The van der Waals surface area contributed by atoms with Gasteiger partial charge in [0.15, 0.2) is 18.1 Å².